The molecule has 0 spiro atoms. The summed E-state index contributed by atoms with van der Waals surface area (Å²) in [7, 11) is 0. The van der Waals surface area contributed by atoms with Gasteiger partial charge < -0.3 is 16.0 Å². The second-order valence-corrected chi connectivity index (χ2v) is 8.64. The van der Waals surface area contributed by atoms with Crippen molar-refractivity contribution in [3.05, 3.63) is 84.2 Å². The zero-order valence-corrected chi connectivity index (χ0v) is 18.9. The molecular weight excluding hydrogens is 429 g/mol. The van der Waals surface area contributed by atoms with Crippen LogP contribution in [0.25, 0.3) is 0 Å². The maximum Gasteiger partial charge on any atom is 0.237 e. The van der Waals surface area contributed by atoms with Gasteiger partial charge in [0.25, 0.3) is 0 Å². The van der Waals surface area contributed by atoms with E-state index in [0.717, 1.165) is 16.3 Å². The number of halogens is 1. The van der Waals surface area contributed by atoms with Gasteiger partial charge in [0.05, 0.1) is 10.9 Å². The summed E-state index contributed by atoms with van der Waals surface area (Å²) >= 11 is 6.83. The molecule has 7 heteroatoms. The van der Waals surface area contributed by atoms with Crippen molar-refractivity contribution in [1.29, 1.82) is 0 Å². The molecule has 0 saturated heterocycles. The molecule has 0 bridgehead atoms. The van der Waals surface area contributed by atoms with Gasteiger partial charge in [0.2, 0.25) is 5.91 Å². The molecule has 3 N–H and O–H groups in total. The van der Waals surface area contributed by atoms with Crippen LogP contribution in [0.15, 0.2) is 77.7 Å². The average molecular weight is 454 g/mol. The fourth-order valence-corrected chi connectivity index (χ4v) is 4.09. The minimum absolute atomic E-state index is 0.189. The molecule has 0 aliphatic heterocycles. The molecule has 3 aromatic carbocycles. The number of nitrogens with one attached hydrogen (secondary N) is 3. The van der Waals surface area contributed by atoms with Crippen LogP contribution in [0.3, 0.4) is 0 Å². The van der Waals surface area contributed by atoms with E-state index in [1.165, 1.54) is 23.4 Å². The predicted octanol–water partition coefficient (Wildman–Crippen LogP) is 6.45. The summed E-state index contributed by atoms with van der Waals surface area (Å²) in [6.07, 6.45) is 0.607. The normalized spacial score (nSPS) is 11.5. The topological polar surface area (TPSA) is 53.2 Å². The lowest BCUT2D eigenvalue weighted by atomic mass is 10.2. The van der Waals surface area contributed by atoms with Gasteiger partial charge in [-0.3, -0.25) is 4.79 Å². The van der Waals surface area contributed by atoms with E-state index in [1.54, 1.807) is 18.2 Å². The molecule has 0 aliphatic rings. The Bertz CT molecular complexity index is 1060. The highest BCUT2D eigenvalue weighted by atomic mass is 32.2. The van der Waals surface area contributed by atoms with E-state index in [0.29, 0.717) is 11.5 Å². The average Bonchev–Trinajstić information content (AvgIpc) is 2.75. The van der Waals surface area contributed by atoms with Crippen molar-refractivity contribution >= 4 is 52.1 Å². The lowest BCUT2D eigenvalue weighted by Gasteiger charge is -2.16. The van der Waals surface area contributed by atoms with E-state index in [1.807, 2.05) is 62.4 Å². The van der Waals surface area contributed by atoms with Gasteiger partial charge in [-0.05, 0) is 68.0 Å². The first-order valence-electron chi connectivity index (χ1n) is 9.91. The van der Waals surface area contributed by atoms with Crippen molar-refractivity contribution < 1.29 is 9.18 Å². The third-order valence-electron chi connectivity index (χ3n) is 4.47. The van der Waals surface area contributed by atoms with Crippen LogP contribution in [0, 0.1) is 12.7 Å². The van der Waals surface area contributed by atoms with Crippen LogP contribution in [-0.4, -0.2) is 16.3 Å². The van der Waals surface area contributed by atoms with E-state index in [2.05, 4.69) is 16.0 Å². The number of aryl methyl sites for hydroxylation is 1. The lowest BCUT2D eigenvalue weighted by Crippen LogP contribution is -2.25. The highest BCUT2D eigenvalue weighted by molar-refractivity contribution is 8.00. The van der Waals surface area contributed by atoms with E-state index >= 15 is 0 Å². The van der Waals surface area contributed by atoms with Crippen molar-refractivity contribution in [3.8, 4) is 0 Å². The number of hydrogen-bond donors (Lipinski definition) is 3. The molecule has 3 rings (SSSR count). The summed E-state index contributed by atoms with van der Waals surface area (Å²) in [6, 6.07) is 21.8. The molecule has 0 fully saturated rings. The number of para-hydroxylation sites is 1. The van der Waals surface area contributed by atoms with Crippen LogP contribution in [0.2, 0.25) is 0 Å². The van der Waals surface area contributed by atoms with E-state index < -0.39 is 5.82 Å². The molecule has 31 heavy (non-hydrogen) atoms. The number of thiocarbonyl (C=S) groups is 1. The van der Waals surface area contributed by atoms with E-state index in [-0.39, 0.29) is 16.8 Å². The second kappa shape index (κ2) is 10.9. The van der Waals surface area contributed by atoms with Crippen LogP contribution >= 0.6 is 24.0 Å². The highest BCUT2D eigenvalue weighted by Gasteiger charge is 2.19. The van der Waals surface area contributed by atoms with Gasteiger partial charge in [-0.25, -0.2) is 4.39 Å². The molecule has 3 aromatic rings. The van der Waals surface area contributed by atoms with Gasteiger partial charge in [0, 0.05) is 16.3 Å². The SMILES string of the molecule is CCC(Sc1cccc(NC(=S)Nc2ccc(C)cc2)c1)C(=O)Nc1ccccc1F. The van der Waals surface area contributed by atoms with E-state index in [4.69, 9.17) is 12.2 Å². The molecule has 1 unspecified atom stereocenters. The molecule has 0 aromatic heterocycles. The fraction of sp³-hybridized carbons (Fsp3) is 0.167. The fourth-order valence-electron chi connectivity index (χ4n) is 2.84. The summed E-state index contributed by atoms with van der Waals surface area (Å²) in [5, 5.41) is 9.13. The molecule has 1 amide bonds. The number of benzene rings is 3. The van der Waals surface area contributed by atoms with Gasteiger partial charge in [0.1, 0.15) is 5.82 Å². The highest BCUT2D eigenvalue weighted by Crippen LogP contribution is 2.29. The third kappa shape index (κ3) is 6.80. The summed E-state index contributed by atoms with van der Waals surface area (Å²) < 4.78 is 13.8. The quantitative estimate of drug-likeness (QED) is 0.283. The van der Waals surface area contributed by atoms with Crippen molar-refractivity contribution in [3.63, 3.8) is 0 Å². The first-order valence-corrected chi connectivity index (χ1v) is 11.2. The van der Waals surface area contributed by atoms with Gasteiger partial charge in [-0.15, -0.1) is 11.8 Å². The monoisotopic (exact) mass is 453 g/mol. The predicted molar refractivity (Wildman–Crippen MR) is 132 cm³/mol. The number of carbonyl (C=O) groups is 1. The van der Waals surface area contributed by atoms with E-state index in [9.17, 15) is 9.18 Å². The van der Waals surface area contributed by atoms with Crippen LogP contribution in [0.1, 0.15) is 18.9 Å². The number of amides is 1. The van der Waals surface area contributed by atoms with Gasteiger partial charge in [0.15, 0.2) is 5.11 Å². The van der Waals surface area contributed by atoms with Gasteiger partial charge in [-0.2, -0.15) is 0 Å². The van der Waals surface area contributed by atoms with Crippen LogP contribution in [0.4, 0.5) is 21.5 Å². The first kappa shape index (κ1) is 22.8. The standard InChI is InChI=1S/C24H24FN3OS2/c1-3-22(23(29)28-21-10-5-4-9-20(21)25)31-19-8-6-7-18(15-19)27-24(30)26-17-13-11-16(2)12-14-17/h4-15,22H,3H2,1-2H3,(H,28,29)(H2,26,27,30). The Labute approximate surface area is 191 Å². The van der Waals surface area contributed by atoms with Crippen LogP contribution < -0.4 is 16.0 Å². The zero-order chi connectivity index (χ0) is 22.2. The first-order chi connectivity index (χ1) is 14.9. The number of rotatable bonds is 7. The van der Waals surface area contributed by atoms with Crippen LogP contribution in [-0.2, 0) is 4.79 Å². The number of hydrogen-bond acceptors (Lipinski definition) is 3. The Balaban J connectivity index is 1.61. The minimum Gasteiger partial charge on any atom is -0.332 e. The van der Waals surface area contributed by atoms with Gasteiger partial charge in [-0.1, -0.05) is 42.8 Å². The molecule has 0 radical (unpaired) electrons. The summed E-state index contributed by atoms with van der Waals surface area (Å²) in [4.78, 5) is 13.6. The Morgan fingerprint density at radius 3 is 2.39 bits per heavy atom. The summed E-state index contributed by atoms with van der Waals surface area (Å²) in [5.74, 6) is -0.677. The minimum atomic E-state index is -0.448. The smallest absolute Gasteiger partial charge is 0.237 e. The molecule has 0 aliphatic carbocycles. The Morgan fingerprint density at radius 1 is 0.968 bits per heavy atom. The van der Waals surface area contributed by atoms with Crippen molar-refractivity contribution in [2.45, 2.75) is 30.4 Å². The van der Waals surface area contributed by atoms with Crippen molar-refractivity contribution in [1.82, 2.24) is 0 Å². The molecule has 1 atom stereocenters. The second-order valence-electron chi connectivity index (χ2n) is 6.96. The maximum atomic E-state index is 13.8. The Morgan fingerprint density at radius 2 is 1.68 bits per heavy atom. The number of carbonyl (C=O) groups excluding carboxylic acids is 1. The molecule has 0 heterocycles. The lowest BCUT2D eigenvalue weighted by molar-refractivity contribution is -0.115. The van der Waals surface area contributed by atoms with Gasteiger partial charge >= 0.3 is 0 Å². The Hall–Kier alpha value is -2.90. The van der Waals surface area contributed by atoms with Crippen molar-refractivity contribution in [2.75, 3.05) is 16.0 Å². The van der Waals surface area contributed by atoms with Crippen LogP contribution in [0.5, 0.6) is 0 Å². The molecule has 160 valence electrons. The number of anilines is 3. The summed E-state index contributed by atoms with van der Waals surface area (Å²) in [5.41, 5.74) is 3.09. The number of thioether (sulfide) groups is 1. The third-order valence-corrected chi connectivity index (χ3v) is 6.04. The summed E-state index contributed by atoms with van der Waals surface area (Å²) in [6.45, 7) is 3.96. The molecular formula is C24H24FN3OS2. The largest absolute Gasteiger partial charge is 0.332 e. The van der Waals surface area contributed by atoms with Crippen molar-refractivity contribution in [2.24, 2.45) is 0 Å². The Kier molecular flexibility index (Phi) is 8.03. The molecule has 0 saturated carbocycles. The maximum absolute atomic E-state index is 13.8. The zero-order valence-electron chi connectivity index (χ0n) is 17.3. The molecule has 4 nitrogen and oxygen atoms in total.